The minimum absolute atomic E-state index is 0.0723. The molecule has 4 heteroatoms. The molecule has 0 aliphatic heterocycles. The Bertz CT molecular complexity index is 615. The molecular formula is C17H19N3O. The molecule has 2 rings (SSSR count). The van der Waals surface area contributed by atoms with E-state index in [1.54, 1.807) is 0 Å². The second-order valence-electron chi connectivity index (χ2n) is 4.89. The van der Waals surface area contributed by atoms with Crippen molar-refractivity contribution in [1.82, 2.24) is 0 Å². The molecule has 0 aromatic heterocycles. The summed E-state index contributed by atoms with van der Waals surface area (Å²) in [6.07, 6.45) is 0. The Morgan fingerprint density at radius 3 is 2.57 bits per heavy atom. The molecule has 0 aliphatic rings. The van der Waals surface area contributed by atoms with E-state index in [9.17, 15) is 0 Å². The van der Waals surface area contributed by atoms with E-state index in [-0.39, 0.29) is 6.61 Å². The monoisotopic (exact) mass is 281 g/mol. The van der Waals surface area contributed by atoms with Gasteiger partial charge in [-0.1, -0.05) is 12.1 Å². The van der Waals surface area contributed by atoms with Crippen LogP contribution in [0.3, 0.4) is 0 Å². The Morgan fingerprint density at radius 1 is 1.14 bits per heavy atom. The summed E-state index contributed by atoms with van der Waals surface area (Å²) in [5.41, 5.74) is 3.36. The van der Waals surface area contributed by atoms with Crippen LogP contribution in [0.1, 0.15) is 5.56 Å². The minimum atomic E-state index is 0.0723. The molecule has 4 nitrogen and oxygen atoms in total. The average molecular weight is 281 g/mol. The zero-order chi connectivity index (χ0) is 15.1. The molecule has 0 fully saturated rings. The van der Waals surface area contributed by atoms with Crippen LogP contribution in [0.2, 0.25) is 0 Å². The van der Waals surface area contributed by atoms with Gasteiger partial charge in [-0.25, -0.2) is 0 Å². The van der Waals surface area contributed by atoms with Crippen LogP contribution < -0.4 is 15.0 Å². The second-order valence-corrected chi connectivity index (χ2v) is 4.89. The van der Waals surface area contributed by atoms with Gasteiger partial charge in [-0.05, 0) is 42.0 Å². The van der Waals surface area contributed by atoms with Crippen LogP contribution >= 0.6 is 0 Å². The van der Waals surface area contributed by atoms with Crippen LogP contribution in [0.15, 0.2) is 48.5 Å². The van der Waals surface area contributed by atoms with Crippen molar-refractivity contribution in [3.63, 3.8) is 0 Å². The predicted octanol–water partition coefficient (Wildman–Crippen LogP) is 3.27. The molecule has 21 heavy (non-hydrogen) atoms. The zero-order valence-corrected chi connectivity index (χ0v) is 12.3. The second kappa shape index (κ2) is 7.20. The van der Waals surface area contributed by atoms with Gasteiger partial charge in [0.05, 0.1) is 0 Å². The van der Waals surface area contributed by atoms with Gasteiger partial charge < -0.3 is 15.0 Å². The van der Waals surface area contributed by atoms with Crippen molar-refractivity contribution in [2.75, 3.05) is 30.9 Å². The maximum Gasteiger partial charge on any atom is 0.174 e. The van der Waals surface area contributed by atoms with Crippen LogP contribution in [0.5, 0.6) is 5.75 Å². The maximum absolute atomic E-state index is 8.52. The number of hydrogen-bond acceptors (Lipinski definition) is 4. The molecular weight excluding hydrogens is 262 g/mol. The quantitative estimate of drug-likeness (QED) is 0.883. The average Bonchev–Trinajstić information content (AvgIpc) is 2.52. The van der Waals surface area contributed by atoms with Gasteiger partial charge in [0.1, 0.15) is 11.8 Å². The lowest BCUT2D eigenvalue weighted by Gasteiger charge is -2.13. The summed E-state index contributed by atoms with van der Waals surface area (Å²) in [4.78, 5) is 2.07. The minimum Gasteiger partial charge on any atom is -0.479 e. The Balaban J connectivity index is 1.94. The lowest BCUT2D eigenvalue weighted by molar-refractivity contribution is 0.368. The topological polar surface area (TPSA) is 48.3 Å². The molecule has 2 aromatic carbocycles. The summed E-state index contributed by atoms with van der Waals surface area (Å²) in [5, 5.41) is 11.9. The van der Waals surface area contributed by atoms with Crippen LogP contribution in [-0.4, -0.2) is 20.7 Å². The summed E-state index contributed by atoms with van der Waals surface area (Å²) < 4.78 is 5.30. The Morgan fingerprint density at radius 2 is 1.90 bits per heavy atom. The molecule has 0 amide bonds. The van der Waals surface area contributed by atoms with Gasteiger partial charge in [0.15, 0.2) is 6.61 Å². The van der Waals surface area contributed by atoms with Crippen LogP contribution in [0.25, 0.3) is 0 Å². The van der Waals surface area contributed by atoms with Gasteiger partial charge in [-0.3, -0.25) is 0 Å². The molecule has 0 unspecified atom stereocenters. The summed E-state index contributed by atoms with van der Waals surface area (Å²) in [5.74, 6) is 0.721. The van der Waals surface area contributed by atoms with E-state index in [2.05, 4.69) is 34.5 Å². The molecule has 0 saturated carbocycles. The van der Waals surface area contributed by atoms with E-state index in [1.165, 1.54) is 5.69 Å². The highest BCUT2D eigenvalue weighted by molar-refractivity contribution is 5.54. The first kappa shape index (κ1) is 14.7. The molecule has 0 atom stereocenters. The predicted molar refractivity (Wildman–Crippen MR) is 85.6 cm³/mol. The molecule has 108 valence electrons. The number of benzene rings is 2. The third-order valence-electron chi connectivity index (χ3n) is 3.08. The molecule has 2 aromatic rings. The first-order valence-electron chi connectivity index (χ1n) is 6.79. The molecule has 1 N–H and O–H groups in total. The van der Waals surface area contributed by atoms with Crippen molar-refractivity contribution >= 4 is 11.4 Å². The van der Waals surface area contributed by atoms with Gasteiger partial charge in [0.25, 0.3) is 0 Å². The third kappa shape index (κ3) is 4.43. The van der Waals surface area contributed by atoms with E-state index >= 15 is 0 Å². The van der Waals surface area contributed by atoms with Crippen molar-refractivity contribution in [2.24, 2.45) is 0 Å². The van der Waals surface area contributed by atoms with Gasteiger partial charge >= 0.3 is 0 Å². The largest absolute Gasteiger partial charge is 0.479 e. The fourth-order valence-electron chi connectivity index (χ4n) is 1.94. The summed E-state index contributed by atoms with van der Waals surface area (Å²) in [6.45, 7) is 0.786. The van der Waals surface area contributed by atoms with Gasteiger partial charge in [-0.15, -0.1) is 0 Å². The molecule has 0 saturated heterocycles. The Labute approximate surface area is 125 Å². The first-order chi connectivity index (χ1) is 10.2. The van der Waals surface area contributed by atoms with Gasteiger partial charge in [-0.2, -0.15) is 5.26 Å². The van der Waals surface area contributed by atoms with E-state index in [1.807, 2.05) is 44.4 Å². The summed E-state index contributed by atoms with van der Waals surface area (Å²) >= 11 is 0. The Hall–Kier alpha value is -2.67. The van der Waals surface area contributed by atoms with E-state index in [0.29, 0.717) is 6.54 Å². The van der Waals surface area contributed by atoms with Crippen molar-refractivity contribution in [3.8, 4) is 11.8 Å². The van der Waals surface area contributed by atoms with Gasteiger partial charge in [0, 0.05) is 32.0 Å². The van der Waals surface area contributed by atoms with E-state index in [4.69, 9.17) is 10.00 Å². The molecule has 0 spiro atoms. The summed E-state index contributed by atoms with van der Waals surface area (Å²) in [7, 11) is 4.05. The van der Waals surface area contributed by atoms with Crippen LogP contribution in [-0.2, 0) is 6.54 Å². The zero-order valence-electron chi connectivity index (χ0n) is 12.3. The lowest BCUT2D eigenvalue weighted by atomic mass is 10.2. The van der Waals surface area contributed by atoms with Crippen molar-refractivity contribution < 1.29 is 4.74 Å². The Kier molecular flexibility index (Phi) is 5.05. The molecule has 0 radical (unpaired) electrons. The van der Waals surface area contributed by atoms with E-state index in [0.717, 1.165) is 17.0 Å². The highest BCUT2D eigenvalue weighted by atomic mass is 16.5. The van der Waals surface area contributed by atoms with Crippen molar-refractivity contribution in [2.45, 2.75) is 6.54 Å². The number of nitrogens with one attached hydrogen (secondary N) is 1. The fraction of sp³-hybridized carbons (Fsp3) is 0.235. The maximum atomic E-state index is 8.52. The highest BCUT2D eigenvalue weighted by Crippen LogP contribution is 2.18. The highest BCUT2D eigenvalue weighted by Gasteiger charge is 1.99. The number of nitrogens with zero attached hydrogens (tertiary/aromatic N) is 2. The number of anilines is 2. The SMILES string of the molecule is CN(C)c1ccc(NCc2cccc(OCC#N)c2)cc1. The number of hydrogen-bond donors (Lipinski definition) is 1. The van der Waals surface area contributed by atoms with Crippen LogP contribution in [0.4, 0.5) is 11.4 Å². The number of rotatable bonds is 6. The lowest BCUT2D eigenvalue weighted by Crippen LogP contribution is -2.08. The van der Waals surface area contributed by atoms with Crippen molar-refractivity contribution in [1.29, 1.82) is 5.26 Å². The summed E-state index contributed by atoms with van der Waals surface area (Å²) in [6, 6.07) is 18.0. The number of ether oxygens (including phenoxy) is 1. The number of nitriles is 1. The van der Waals surface area contributed by atoms with Crippen LogP contribution in [0, 0.1) is 11.3 Å². The standard InChI is InChI=1S/C17H19N3O/c1-20(2)16-8-6-15(7-9-16)19-13-14-4-3-5-17(12-14)21-11-10-18/h3-9,12,19H,11,13H2,1-2H3. The molecule has 0 bridgehead atoms. The molecule has 0 aliphatic carbocycles. The third-order valence-corrected chi connectivity index (χ3v) is 3.08. The van der Waals surface area contributed by atoms with Crippen molar-refractivity contribution in [3.05, 3.63) is 54.1 Å². The fourth-order valence-corrected chi connectivity index (χ4v) is 1.94. The van der Waals surface area contributed by atoms with E-state index < -0.39 is 0 Å². The smallest absolute Gasteiger partial charge is 0.174 e. The van der Waals surface area contributed by atoms with Gasteiger partial charge in [0.2, 0.25) is 0 Å². The first-order valence-corrected chi connectivity index (χ1v) is 6.79. The molecule has 0 heterocycles. The normalized spacial score (nSPS) is 9.76.